The fourth-order valence-corrected chi connectivity index (χ4v) is 5.20. The van der Waals surface area contributed by atoms with Crippen molar-refractivity contribution in [2.24, 2.45) is 0 Å². The Morgan fingerprint density at radius 1 is 1.03 bits per heavy atom. The van der Waals surface area contributed by atoms with Gasteiger partial charge in [-0.05, 0) is 31.3 Å². The monoisotopic (exact) mass is 465 g/mol. The van der Waals surface area contributed by atoms with Gasteiger partial charge in [0.25, 0.3) is 5.89 Å². The molecule has 5 rings (SSSR count). The van der Waals surface area contributed by atoms with E-state index in [9.17, 15) is 0 Å². The maximum absolute atomic E-state index is 5.92. The Kier molecular flexibility index (Phi) is 5.49. The lowest BCUT2D eigenvalue weighted by Gasteiger charge is -1.99. The normalized spacial score (nSPS) is 11.1. The molecule has 154 valence electrons. The first kappa shape index (κ1) is 19.9. The Labute approximate surface area is 190 Å². The highest BCUT2D eigenvalue weighted by Crippen LogP contribution is 2.34. The van der Waals surface area contributed by atoms with E-state index in [4.69, 9.17) is 21.2 Å². The lowest BCUT2D eigenvalue weighted by atomic mass is 10.1. The maximum atomic E-state index is 5.92. The van der Waals surface area contributed by atoms with Gasteiger partial charge in [-0.1, -0.05) is 76.8 Å². The first-order valence-corrected chi connectivity index (χ1v) is 11.5. The molecule has 0 spiro atoms. The summed E-state index contributed by atoms with van der Waals surface area (Å²) in [6.07, 6.45) is 0. The van der Waals surface area contributed by atoms with Crippen molar-refractivity contribution in [2.45, 2.75) is 17.0 Å². The third-order valence-electron chi connectivity index (χ3n) is 4.44. The minimum atomic E-state index is 0.385. The third kappa shape index (κ3) is 4.09. The molecule has 0 radical (unpaired) electrons. The molecule has 0 atom stereocenters. The Morgan fingerprint density at radius 2 is 1.77 bits per heavy atom. The number of nitrogens with zero attached hydrogens (tertiary/aromatic N) is 5. The SMILES string of the molecule is Cc1onc(-c2ccccc2)c1-c1nnc(CSc2nn(-c3ccccc3)c(=S)s2)o1. The van der Waals surface area contributed by atoms with Gasteiger partial charge in [-0.25, -0.2) is 4.68 Å². The molecule has 7 nitrogen and oxygen atoms in total. The van der Waals surface area contributed by atoms with Crippen LogP contribution in [0.25, 0.3) is 28.4 Å². The van der Waals surface area contributed by atoms with Crippen LogP contribution >= 0.6 is 35.3 Å². The highest BCUT2D eigenvalue weighted by atomic mass is 32.2. The molecule has 3 aromatic heterocycles. The summed E-state index contributed by atoms with van der Waals surface area (Å²) in [4.78, 5) is 0. The zero-order valence-electron chi connectivity index (χ0n) is 16.3. The van der Waals surface area contributed by atoms with Gasteiger partial charge in [0.15, 0.2) is 8.29 Å². The van der Waals surface area contributed by atoms with Gasteiger partial charge in [-0.2, -0.15) is 0 Å². The average Bonchev–Trinajstić information content (AvgIpc) is 3.52. The molecule has 0 amide bonds. The molecule has 0 aliphatic rings. The number of aryl methyl sites for hydroxylation is 1. The van der Waals surface area contributed by atoms with Crippen molar-refractivity contribution in [1.82, 2.24) is 25.1 Å². The molecule has 2 aromatic carbocycles. The highest BCUT2D eigenvalue weighted by molar-refractivity contribution is 8.00. The van der Waals surface area contributed by atoms with Crippen LogP contribution in [0.5, 0.6) is 0 Å². The molecule has 0 unspecified atom stereocenters. The molecule has 0 bridgehead atoms. The molecule has 3 heterocycles. The quantitative estimate of drug-likeness (QED) is 0.224. The van der Waals surface area contributed by atoms with E-state index in [1.807, 2.05) is 67.6 Å². The fraction of sp³-hybridized carbons (Fsp3) is 0.0952. The van der Waals surface area contributed by atoms with Crippen molar-refractivity contribution in [2.75, 3.05) is 0 Å². The molecule has 10 heteroatoms. The summed E-state index contributed by atoms with van der Waals surface area (Å²) in [5, 5.41) is 17.2. The standard InChI is InChI=1S/C21H15N5O2S3/c1-13-17(18(25-28-13)14-8-4-2-5-9-14)19-23-22-16(27-19)12-30-20-24-26(21(29)31-20)15-10-6-3-7-11-15/h2-11H,12H2,1H3. The number of rotatable bonds is 6. The highest BCUT2D eigenvalue weighted by Gasteiger charge is 2.22. The zero-order valence-corrected chi connectivity index (χ0v) is 18.7. The number of hydrogen-bond donors (Lipinski definition) is 0. The number of aromatic nitrogens is 5. The lowest BCUT2D eigenvalue weighted by molar-refractivity contribution is 0.399. The largest absolute Gasteiger partial charge is 0.420 e. The molecule has 31 heavy (non-hydrogen) atoms. The third-order valence-corrected chi connectivity index (χ3v) is 6.79. The van der Waals surface area contributed by atoms with E-state index in [2.05, 4.69) is 20.5 Å². The van der Waals surface area contributed by atoms with Crippen molar-refractivity contribution < 1.29 is 8.94 Å². The maximum Gasteiger partial charge on any atom is 0.253 e. The van der Waals surface area contributed by atoms with E-state index in [0.717, 1.165) is 15.6 Å². The van der Waals surface area contributed by atoms with E-state index >= 15 is 0 Å². The van der Waals surface area contributed by atoms with Crippen LogP contribution in [-0.2, 0) is 5.75 Å². The van der Waals surface area contributed by atoms with Crippen molar-refractivity contribution in [1.29, 1.82) is 0 Å². The second-order valence-electron chi connectivity index (χ2n) is 6.50. The summed E-state index contributed by atoms with van der Waals surface area (Å²) in [7, 11) is 0. The summed E-state index contributed by atoms with van der Waals surface area (Å²) in [6, 6.07) is 19.6. The number of para-hydroxylation sites is 1. The molecule has 0 N–H and O–H groups in total. The van der Waals surface area contributed by atoms with Crippen LogP contribution < -0.4 is 0 Å². The van der Waals surface area contributed by atoms with Crippen molar-refractivity contribution >= 4 is 35.3 Å². The predicted molar refractivity (Wildman–Crippen MR) is 122 cm³/mol. The summed E-state index contributed by atoms with van der Waals surface area (Å²) in [5.74, 6) is 1.98. The van der Waals surface area contributed by atoms with Crippen LogP contribution in [0.3, 0.4) is 0 Å². The molecular formula is C21H15N5O2S3. The van der Waals surface area contributed by atoms with Crippen LogP contribution in [0.1, 0.15) is 11.7 Å². The van der Waals surface area contributed by atoms with E-state index in [1.165, 1.54) is 23.1 Å². The first-order valence-electron chi connectivity index (χ1n) is 9.32. The van der Waals surface area contributed by atoms with Crippen LogP contribution in [0.2, 0.25) is 0 Å². The molecule has 5 aromatic rings. The van der Waals surface area contributed by atoms with Crippen LogP contribution in [0.15, 0.2) is 73.9 Å². The van der Waals surface area contributed by atoms with E-state index in [0.29, 0.717) is 38.5 Å². The second-order valence-corrected chi connectivity index (χ2v) is 9.34. The Morgan fingerprint density at radius 3 is 2.55 bits per heavy atom. The fourth-order valence-electron chi connectivity index (χ4n) is 3.00. The Bertz CT molecular complexity index is 1370. The molecule has 0 aliphatic heterocycles. The van der Waals surface area contributed by atoms with Crippen LogP contribution in [-0.4, -0.2) is 25.1 Å². The van der Waals surface area contributed by atoms with Gasteiger partial charge in [0.1, 0.15) is 17.0 Å². The Balaban J connectivity index is 1.35. The average molecular weight is 466 g/mol. The smallest absolute Gasteiger partial charge is 0.253 e. The summed E-state index contributed by atoms with van der Waals surface area (Å²) >= 11 is 8.41. The van der Waals surface area contributed by atoms with Gasteiger partial charge >= 0.3 is 0 Å². The van der Waals surface area contributed by atoms with Crippen molar-refractivity contribution in [3.05, 3.63) is 76.3 Å². The van der Waals surface area contributed by atoms with Gasteiger partial charge in [-0.15, -0.1) is 15.3 Å². The predicted octanol–water partition coefficient (Wildman–Crippen LogP) is 5.97. The van der Waals surface area contributed by atoms with Crippen molar-refractivity contribution in [3.63, 3.8) is 0 Å². The van der Waals surface area contributed by atoms with Gasteiger partial charge in [0.2, 0.25) is 5.89 Å². The van der Waals surface area contributed by atoms with Gasteiger partial charge in [-0.3, -0.25) is 0 Å². The van der Waals surface area contributed by atoms with E-state index < -0.39 is 0 Å². The molecule has 0 saturated carbocycles. The number of benzene rings is 2. The van der Waals surface area contributed by atoms with Crippen LogP contribution in [0, 0.1) is 10.9 Å². The zero-order chi connectivity index (χ0) is 21.2. The van der Waals surface area contributed by atoms with E-state index in [1.54, 1.807) is 4.68 Å². The van der Waals surface area contributed by atoms with Gasteiger partial charge in [0, 0.05) is 5.56 Å². The summed E-state index contributed by atoms with van der Waals surface area (Å²) in [5.41, 5.74) is 3.25. The van der Waals surface area contributed by atoms with Crippen molar-refractivity contribution in [3.8, 4) is 28.4 Å². The van der Waals surface area contributed by atoms with Crippen LogP contribution in [0.4, 0.5) is 0 Å². The minimum absolute atomic E-state index is 0.385. The summed E-state index contributed by atoms with van der Waals surface area (Å²) in [6.45, 7) is 1.83. The number of thioether (sulfide) groups is 1. The van der Waals surface area contributed by atoms with Gasteiger partial charge < -0.3 is 8.94 Å². The second kappa shape index (κ2) is 8.58. The molecular weight excluding hydrogens is 450 g/mol. The molecule has 0 fully saturated rings. The Hall–Kier alpha value is -3.08. The first-order chi connectivity index (χ1) is 15.2. The van der Waals surface area contributed by atoms with Gasteiger partial charge in [0.05, 0.1) is 11.4 Å². The van der Waals surface area contributed by atoms with E-state index in [-0.39, 0.29) is 0 Å². The lowest BCUT2D eigenvalue weighted by Crippen LogP contribution is -1.95. The summed E-state index contributed by atoms with van der Waals surface area (Å²) < 4.78 is 14.6. The molecule has 0 saturated heterocycles. The topological polar surface area (TPSA) is 82.8 Å². The minimum Gasteiger partial charge on any atom is -0.420 e. The number of hydrogen-bond acceptors (Lipinski definition) is 9. The molecule has 0 aliphatic carbocycles.